The van der Waals surface area contributed by atoms with Crippen LogP contribution in [-0.4, -0.2) is 46.6 Å². The third-order valence-corrected chi connectivity index (χ3v) is 2.87. The van der Waals surface area contributed by atoms with E-state index in [9.17, 15) is 26.3 Å². The summed E-state index contributed by atoms with van der Waals surface area (Å²) in [6.07, 6.45) is -4.01. The van der Waals surface area contributed by atoms with Crippen molar-refractivity contribution in [2.45, 2.75) is 37.3 Å². The van der Waals surface area contributed by atoms with Crippen LogP contribution in [0.1, 0.15) is 12.8 Å². The summed E-state index contributed by atoms with van der Waals surface area (Å²) in [5.41, 5.74) is 10.8. The summed E-state index contributed by atoms with van der Waals surface area (Å²) in [7, 11) is 0. The first-order valence-corrected chi connectivity index (χ1v) is 6.94. The molecule has 12 heteroatoms. The molecule has 0 radical (unpaired) electrons. The van der Waals surface area contributed by atoms with E-state index in [4.69, 9.17) is 31.3 Å². The molecular weight excluding hydrogens is 374 g/mol. The van der Waals surface area contributed by atoms with Gasteiger partial charge in [-0.15, -0.1) is 13.2 Å². The summed E-state index contributed by atoms with van der Waals surface area (Å²) in [6.45, 7) is 7.19. The molecule has 6 N–H and O–H groups in total. The molecule has 2 rings (SSSR count). The molecule has 2 fully saturated rings. The second-order valence-corrected chi connectivity index (χ2v) is 5.20. The molecule has 0 aromatic carbocycles. The Morgan fingerprint density at radius 3 is 0.962 bits per heavy atom. The Morgan fingerprint density at radius 1 is 0.808 bits per heavy atom. The van der Waals surface area contributed by atoms with Gasteiger partial charge in [-0.1, -0.05) is 12.2 Å². The van der Waals surface area contributed by atoms with Gasteiger partial charge in [0.05, 0.1) is 0 Å². The molecule has 0 aromatic rings. The van der Waals surface area contributed by atoms with E-state index in [0.29, 0.717) is 23.9 Å². The molecular formula is C14H20F6N2O4. The molecule has 0 aliphatic heterocycles. The molecule has 0 unspecified atom stereocenters. The topological polar surface area (TPSA) is 127 Å². The lowest BCUT2D eigenvalue weighted by molar-refractivity contribution is -0.193. The Balaban J connectivity index is 0. The van der Waals surface area contributed by atoms with Crippen LogP contribution in [-0.2, 0) is 9.59 Å². The van der Waals surface area contributed by atoms with E-state index in [1.807, 2.05) is 12.2 Å². The highest BCUT2D eigenvalue weighted by molar-refractivity contribution is 5.73. The highest BCUT2D eigenvalue weighted by Gasteiger charge is 2.38. The molecule has 0 spiro atoms. The van der Waals surface area contributed by atoms with Crippen LogP contribution < -0.4 is 11.5 Å². The third kappa shape index (κ3) is 14.3. The van der Waals surface area contributed by atoms with Crippen LogP contribution >= 0.6 is 0 Å². The van der Waals surface area contributed by atoms with Crippen LogP contribution in [0.2, 0.25) is 0 Å². The number of halogens is 6. The highest BCUT2D eigenvalue weighted by atomic mass is 19.4. The monoisotopic (exact) mass is 394 g/mol. The smallest absolute Gasteiger partial charge is 0.475 e. The number of carboxylic acid groups (broad SMARTS) is 2. The molecule has 4 atom stereocenters. The lowest BCUT2D eigenvalue weighted by atomic mass is 10.4. The van der Waals surface area contributed by atoms with Gasteiger partial charge in [-0.2, -0.15) is 26.3 Å². The largest absolute Gasteiger partial charge is 0.490 e. The van der Waals surface area contributed by atoms with Crippen molar-refractivity contribution >= 4 is 11.9 Å². The van der Waals surface area contributed by atoms with Crippen molar-refractivity contribution in [1.29, 1.82) is 0 Å². The Bertz CT molecular complexity index is 449. The molecule has 0 saturated heterocycles. The zero-order chi connectivity index (χ0) is 21.3. The number of carboxylic acids is 2. The second kappa shape index (κ2) is 10.8. The normalized spacial score (nSPS) is 25.5. The summed E-state index contributed by atoms with van der Waals surface area (Å²) in [5, 5.41) is 14.2. The average molecular weight is 394 g/mol. The quantitative estimate of drug-likeness (QED) is 0.421. The maximum absolute atomic E-state index is 10.6. The van der Waals surface area contributed by atoms with Crippen molar-refractivity contribution in [2.24, 2.45) is 23.3 Å². The van der Waals surface area contributed by atoms with Crippen LogP contribution in [0.25, 0.3) is 0 Å². The van der Waals surface area contributed by atoms with Crippen LogP contribution in [0.15, 0.2) is 25.3 Å². The molecule has 2 saturated carbocycles. The zero-order valence-electron chi connectivity index (χ0n) is 13.4. The van der Waals surface area contributed by atoms with Crippen LogP contribution in [0, 0.1) is 11.8 Å². The number of nitrogens with two attached hydrogens (primary N) is 2. The maximum atomic E-state index is 10.6. The van der Waals surface area contributed by atoms with Gasteiger partial charge in [-0.25, -0.2) is 9.59 Å². The Kier molecular flexibility index (Phi) is 10.9. The van der Waals surface area contributed by atoms with Crippen LogP contribution in [0.3, 0.4) is 0 Å². The molecule has 26 heavy (non-hydrogen) atoms. The number of rotatable bonds is 2. The fraction of sp³-hybridized carbons (Fsp3) is 0.571. The fourth-order valence-corrected chi connectivity index (χ4v) is 1.01. The summed E-state index contributed by atoms with van der Waals surface area (Å²) in [6, 6.07) is 0.894. The highest BCUT2D eigenvalue weighted by Crippen LogP contribution is 2.28. The molecule has 2 aliphatic carbocycles. The Labute approximate surface area is 145 Å². The van der Waals surface area contributed by atoms with Gasteiger partial charge in [0.25, 0.3) is 0 Å². The number of alkyl halides is 6. The lowest BCUT2D eigenvalue weighted by Crippen LogP contribution is -2.21. The van der Waals surface area contributed by atoms with E-state index < -0.39 is 24.3 Å². The number of aliphatic carboxylic acids is 2. The van der Waals surface area contributed by atoms with Crippen LogP contribution in [0.4, 0.5) is 26.3 Å². The second-order valence-electron chi connectivity index (χ2n) is 5.20. The molecule has 0 amide bonds. The first-order valence-electron chi connectivity index (χ1n) is 6.94. The summed E-state index contributed by atoms with van der Waals surface area (Å²) in [5.74, 6) is -4.23. The SMILES string of the molecule is C=C[C@@H]1C[C@H]1N.C=C[C@H]1C[C@@H]1N.O=C(O)C(F)(F)F.O=C(O)C(F)(F)F. The van der Waals surface area contributed by atoms with E-state index >= 15 is 0 Å². The number of hydrogen-bond acceptors (Lipinski definition) is 4. The third-order valence-electron chi connectivity index (χ3n) is 2.87. The van der Waals surface area contributed by atoms with E-state index in [1.165, 1.54) is 0 Å². The summed E-state index contributed by atoms with van der Waals surface area (Å²) in [4.78, 5) is 17.8. The standard InChI is InChI=1S/2C5H9N.2C2HF3O2/c2*1-2-4-3-5(4)6;2*3-2(4,5)1(6)7/h2*2,4-5H,1,3,6H2;2*(H,6,7)/t2*4-,5-;;/m10../s1. The van der Waals surface area contributed by atoms with Crippen molar-refractivity contribution in [3.63, 3.8) is 0 Å². The van der Waals surface area contributed by atoms with E-state index in [-0.39, 0.29) is 0 Å². The first kappa shape index (κ1) is 26.2. The van der Waals surface area contributed by atoms with Gasteiger partial charge in [-0.3, -0.25) is 0 Å². The van der Waals surface area contributed by atoms with Gasteiger partial charge in [0, 0.05) is 12.1 Å². The molecule has 0 heterocycles. The maximum Gasteiger partial charge on any atom is 0.490 e. The average Bonchev–Trinajstić information content (AvgIpc) is 3.37. The van der Waals surface area contributed by atoms with Gasteiger partial charge in [0.1, 0.15) is 0 Å². The van der Waals surface area contributed by atoms with Gasteiger partial charge < -0.3 is 21.7 Å². The van der Waals surface area contributed by atoms with Crippen molar-refractivity contribution in [1.82, 2.24) is 0 Å². The lowest BCUT2D eigenvalue weighted by Gasteiger charge is -1.93. The zero-order valence-corrected chi connectivity index (χ0v) is 13.4. The minimum Gasteiger partial charge on any atom is -0.475 e. The molecule has 0 bridgehead atoms. The number of hydrogen-bond donors (Lipinski definition) is 4. The molecule has 0 aromatic heterocycles. The van der Waals surface area contributed by atoms with Crippen molar-refractivity contribution in [3.8, 4) is 0 Å². The summed E-state index contributed by atoms with van der Waals surface area (Å²) >= 11 is 0. The minimum atomic E-state index is -5.08. The van der Waals surface area contributed by atoms with E-state index in [2.05, 4.69) is 13.2 Å². The summed E-state index contributed by atoms with van der Waals surface area (Å²) < 4.78 is 63.5. The van der Waals surface area contributed by atoms with Crippen molar-refractivity contribution < 1.29 is 46.1 Å². The number of carbonyl (C=O) groups is 2. The van der Waals surface area contributed by atoms with Crippen molar-refractivity contribution in [2.75, 3.05) is 0 Å². The van der Waals surface area contributed by atoms with Gasteiger partial charge >= 0.3 is 24.3 Å². The van der Waals surface area contributed by atoms with Gasteiger partial charge in [-0.05, 0) is 24.7 Å². The van der Waals surface area contributed by atoms with Crippen LogP contribution in [0.5, 0.6) is 0 Å². The molecule has 152 valence electrons. The Morgan fingerprint density at radius 2 is 0.962 bits per heavy atom. The van der Waals surface area contributed by atoms with Crippen molar-refractivity contribution in [3.05, 3.63) is 25.3 Å². The molecule has 2 aliphatic rings. The first-order chi connectivity index (χ1) is 11.6. The van der Waals surface area contributed by atoms with E-state index in [0.717, 1.165) is 12.8 Å². The van der Waals surface area contributed by atoms with Gasteiger partial charge in [0.2, 0.25) is 0 Å². The predicted molar refractivity (Wildman–Crippen MR) is 79.9 cm³/mol. The fourth-order valence-electron chi connectivity index (χ4n) is 1.01. The van der Waals surface area contributed by atoms with Gasteiger partial charge in [0.15, 0.2) is 0 Å². The predicted octanol–water partition coefficient (Wildman–Crippen LogP) is 2.31. The molecule has 6 nitrogen and oxygen atoms in total. The van der Waals surface area contributed by atoms with E-state index in [1.54, 1.807) is 0 Å². The Hall–Kier alpha value is -2.08. The minimum absolute atomic E-state index is 0.447.